The van der Waals surface area contributed by atoms with E-state index in [4.69, 9.17) is 4.74 Å². The SMILES string of the molecule is C=CCOc1c(CCCCC)cc(CCCCC)cc1C1=Cc2ccccc2C1[SiH](C)C. The lowest BCUT2D eigenvalue weighted by atomic mass is 9.92. The fourth-order valence-electron chi connectivity index (χ4n) is 5.07. The van der Waals surface area contributed by atoms with Crippen LogP contribution in [0.4, 0.5) is 0 Å². The number of unbranched alkanes of at least 4 members (excludes halogenated alkanes) is 4. The molecule has 0 fully saturated rings. The zero-order chi connectivity index (χ0) is 22.9. The van der Waals surface area contributed by atoms with Crippen LogP contribution in [0.5, 0.6) is 5.75 Å². The monoisotopic (exact) mass is 446 g/mol. The van der Waals surface area contributed by atoms with Gasteiger partial charge in [-0.15, -0.1) is 0 Å². The molecule has 0 amide bonds. The summed E-state index contributed by atoms with van der Waals surface area (Å²) in [6.45, 7) is 14.0. The van der Waals surface area contributed by atoms with Gasteiger partial charge in [0.15, 0.2) is 0 Å². The second-order valence-corrected chi connectivity index (χ2v) is 12.8. The first-order valence-electron chi connectivity index (χ1n) is 12.8. The molecule has 0 saturated carbocycles. The number of fused-ring (bicyclic) bond motifs is 1. The number of aryl methyl sites for hydroxylation is 2. The average molecular weight is 447 g/mol. The van der Waals surface area contributed by atoms with Gasteiger partial charge in [0.2, 0.25) is 0 Å². The summed E-state index contributed by atoms with van der Waals surface area (Å²) in [5, 5.41) is 0. The molecule has 0 N–H and O–H groups in total. The Balaban J connectivity index is 2.11. The van der Waals surface area contributed by atoms with Crippen LogP contribution in [0.15, 0.2) is 49.1 Å². The minimum atomic E-state index is -0.966. The van der Waals surface area contributed by atoms with Crippen LogP contribution >= 0.6 is 0 Å². The normalized spacial score (nSPS) is 15.0. The molecule has 2 aromatic carbocycles. The van der Waals surface area contributed by atoms with Gasteiger partial charge in [0.25, 0.3) is 0 Å². The van der Waals surface area contributed by atoms with Crippen LogP contribution in [0.3, 0.4) is 0 Å². The van der Waals surface area contributed by atoms with Gasteiger partial charge in [0.1, 0.15) is 12.4 Å². The quantitative estimate of drug-likeness (QED) is 0.170. The van der Waals surface area contributed by atoms with Gasteiger partial charge in [-0.1, -0.05) is 102 Å². The number of benzene rings is 2. The molecule has 0 aromatic heterocycles. The predicted molar refractivity (Wildman–Crippen MR) is 145 cm³/mol. The van der Waals surface area contributed by atoms with Crippen molar-refractivity contribution in [1.82, 2.24) is 0 Å². The summed E-state index contributed by atoms with van der Waals surface area (Å²) in [7, 11) is -0.966. The van der Waals surface area contributed by atoms with E-state index in [0.717, 1.165) is 18.6 Å². The van der Waals surface area contributed by atoms with Crippen molar-refractivity contribution in [2.24, 2.45) is 0 Å². The molecule has 0 spiro atoms. The van der Waals surface area contributed by atoms with Crippen molar-refractivity contribution in [1.29, 1.82) is 0 Å². The smallest absolute Gasteiger partial charge is 0.130 e. The highest BCUT2D eigenvalue weighted by Crippen LogP contribution is 2.47. The number of hydrogen-bond acceptors (Lipinski definition) is 1. The molecule has 1 unspecified atom stereocenters. The summed E-state index contributed by atoms with van der Waals surface area (Å²) in [4.78, 5) is 0. The van der Waals surface area contributed by atoms with Crippen LogP contribution in [-0.2, 0) is 12.8 Å². The molecular formula is C30H42OSi. The molecule has 0 bridgehead atoms. The zero-order valence-corrected chi connectivity index (χ0v) is 21.9. The maximum absolute atomic E-state index is 6.42. The highest BCUT2D eigenvalue weighted by molar-refractivity contribution is 6.60. The van der Waals surface area contributed by atoms with E-state index in [1.165, 1.54) is 71.9 Å². The lowest BCUT2D eigenvalue weighted by Crippen LogP contribution is -2.17. The van der Waals surface area contributed by atoms with E-state index < -0.39 is 8.80 Å². The molecule has 0 saturated heterocycles. The molecular weight excluding hydrogens is 404 g/mol. The van der Waals surface area contributed by atoms with E-state index in [1.54, 1.807) is 0 Å². The minimum absolute atomic E-state index is 0.548. The summed E-state index contributed by atoms with van der Waals surface area (Å²) in [5.74, 6) is 1.11. The second kappa shape index (κ2) is 12.3. The third-order valence-corrected chi connectivity index (χ3v) is 8.70. The van der Waals surface area contributed by atoms with Crippen LogP contribution in [-0.4, -0.2) is 15.4 Å². The molecule has 1 aliphatic rings. The Morgan fingerprint density at radius 2 is 1.69 bits per heavy atom. The summed E-state index contributed by atoms with van der Waals surface area (Å²) >= 11 is 0. The van der Waals surface area contributed by atoms with Crippen molar-refractivity contribution in [3.05, 3.63) is 76.9 Å². The van der Waals surface area contributed by atoms with Gasteiger partial charge < -0.3 is 4.74 Å². The maximum Gasteiger partial charge on any atom is 0.130 e. The lowest BCUT2D eigenvalue weighted by molar-refractivity contribution is 0.357. The zero-order valence-electron chi connectivity index (χ0n) is 20.8. The molecule has 32 heavy (non-hydrogen) atoms. The van der Waals surface area contributed by atoms with Crippen molar-refractivity contribution in [3.63, 3.8) is 0 Å². The highest BCUT2D eigenvalue weighted by atomic mass is 28.3. The number of allylic oxidation sites excluding steroid dienone is 1. The molecule has 0 heterocycles. The fourth-order valence-corrected chi connectivity index (χ4v) is 7.09. The van der Waals surface area contributed by atoms with Gasteiger partial charge in [-0.05, 0) is 59.6 Å². The molecule has 2 aromatic rings. The Morgan fingerprint density at radius 1 is 0.969 bits per heavy atom. The van der Waals surface area contributed by atoms with Crippen molar-refractivity contribution in [2.45, 2.75) is 83.8 Å². The number of ether oxygens (including phenoxy) is 1. The minimum Gasteiger partial charge on any atom is -0.489 e. The van der Waals surface area contributed by atoms with Gasteiger partial charge in [-0.3, -0.25) is 0 Å². The Morgan fingerprint density at radius 3 is 2.38 bits per heavy atom. The Bertz CT molecular complexity index is 924. The van der Waals surface area contributed by atoms with Crippen LogP contribution < -0.4 is 4.74 Å². The van der Waals surface area contributed by atoms with Crippen molar-refractivity contribution < 1.29 is 4.74 Å². The fraction of sp³-hybridized carbons (Fsp3) is 0.467. The number of rotatable bonds is 13. The predicted octanol–water partition coefficient (Wildman–Crippen LogP) is 8.38. The lowest BCUT2D eigenvalue weighted by Gasteiger charge is -2.24. The summed E-state index contributed by atoms with van der Waals surface area (Å²) in [6, 6.07) is 13.9. The van der Waals surface area contributed by atoms with Gasteiger partial charge in [0, 0.05) is 19.9 Å². The first-order valence-corrected chi connectivity index (χ1v) is 15.8. The Labute approximate surface area is 198 Å². The Hall–Kier alpha value is -2.06. The largest absolute Gasteiger partial charge is 0.489 e. The third kappa shape index (κ3) is 5.84. The molecule has 2 heteroatoms. The highest BCUT2D eigenvalue weighted by Gasteiger charge is 2.31. The molecule has 1 aliphatic carbocycles. The van der Waals surface area contributed by atoms with Crippen LogP contribution in [0.1, 0.15) is 85.7 Å². The molecule has 1 nitrogen and oxygen atoms in total. The van der Waals surface area contributed by atoms with Gasteiger partial charge in [-0.2, -0.15) is 0 Å². The first-order chi connectivity index (χ1) is 15.6. The van der Waals surface area contributed by atoms with Crippen molar-refractivity contribution in [2.75, 3.05) is 6.61 Å². The van der Waals surface area contributed by atoms with Crippen LogP contribution in [0.2, 0.25) is 13.1 Å². The van der Waals surface area contributed by atoms with E-state index in [0.29, 0.717) is 12.1 Å². The second-order valence-electron chi connectivity index (χ2n) is 9.60. The van der Waals surface area contributed by atoms with Gasteiger partial charge >= 0.3 is 0 Å². The van der Waals surface area contributed by atoms with E-state index in [1.807, 2.05) is 6.08 Å². The summed E-state index contributed by atoms with van der Waals surface area (Å²) < 4.78 is 6.42. The standard InChI is InChI=1S/C30H42OSi/c1-6-9-11-15-23-20-25(17-12-10-7-2)29(31-19-8-3)27(21-23)28-22-24-16-13-14-18-26(24)30(28)32(4)5/h8,13-14,16,18,20-22,30,32H,3,6-7,9-12,15,17,19H2,1-2,4-5H3. The van der Waals surface area contributed by atoms with Gasteiger partial charge in [0.05, 0.1) is 0 Å². The molecule has 3 rings (SSSR count). The van der Waals surface area contributed by atoms with Gasteiger partial charge in [-0.25, -0.2) is 0 Å². The average Bonchev–Trinajstić information content (AvgIpc) is 3.18. The first kappa shape index (κ1) is 24.6. The molecule has 0 radical (unpaired) electrons. The molecule has 172 valence electrons. The third-order valence-electron chi connectivity index (χ3n) is 6.64. The van der Waals surface area contributed by atoms with E-state index >= 15 is 0 Å². The molecule has 1 atom stereocenters. The summed E-state index contributed by atoms with van der Waals surface area (Å²) in [5.41, 5.74) is 9.16. The van der Waals surface area contributed by atoms with Crippen molar-refractivity contribution >= 4 is 20.4 Å². The van der Waals surface area contributed by atoms with E-state index in [9.17, 15) is 0 Å². The maximum atomic E-state index is 6.42. The van der Waals surface area contributed by atoms with E-state index in [2.05, 4.69) is 76.0 Å². The van der Waals surface area contributed by atoms with Crippen LogP contribution in [0, 0.1) is 0 Å². The van der Waals surface area contributed by atoms with Crippen LogP contribution in [0.25, 0.3) is 11.6 Å². The number of hydrogen-bond donors (Lipinski definition) is 0. The van der Waals surface area contributed by atoms with Crippen molar-refractivity contribution in [3.8, 4) is 5.75 Å². The summed E-state index contributed by atoms with van der Waals surface area (Å²) in [6.07, 6.45) is 14.1. The topological polar surface area (TPSA) is 9.23 Å². The van der Waals surface area contributed by atoms with E-state index in [-0.39, 0.29) is 0 Å². The Kier molecular flexibility index (Phi) is 9.41. The molecule has 0 aliphatic heterocycles.